The van der Waals surface area contributed by atoms with Gasteiger partial charge in [-0.2, -0.15) is 4.99 Å². The summed E-state index contributed by atoms with van der Waals surface area (Å²) in [6.07, 6.45) is 0. The Morgan fingerprint density at radius 1 is 0.929 bits per heavy atom. The maximum atomic E-state index is 13.0. The van der Waals surface area contributed by atoms with E-state index in [2.05, 4.69) is 15.3 Å². The number of anilines is 1. The number of fused-ring (bicyclic) bond motifs is 1. The number of amidine groups is 1. The van der Waals surface area contributed by atoms with Crippen LogP contribution in [0.15, 0.2) is 89.9 Å². The average molecular weight is 386 g/mol. The van der Waals surface area contributed by atoms with Gasteiger partial charge < -0.3 is 11.1 Å². The Hall–Kier alpha value is -3.51. The number of nitrogens with two attached hydrogens (primary N) is 1. The molecule has 3 aromatic carbocycles. The molecule has 0 aliphatic rings. The van der Waals surface area contributed by atoms with Gasteiger partial charge in [0.15, 0.2) is 5.13 Å². The first kappa shape index (κ1) is 17.9. The summed E-state index contributed by atoms with van der Waals surface area (Å²) >= 11 is 1.50. The molecule has 28 heavy (non-hydrogen) atoms. The van der Waals surface area contributed by atoms with E-state index >= 15 is 0 Å². The Morgan fingerprint density at radius 2 is 1.57 bits per heavy atom. The van der Waals surface area contributed by atoms with E-state index in [0.29, 0.717) is 10.7 Å². The van der Waals surface area contributed by atoms with E-state index in [1.54, 1.807) is 0 Å². The van der Waals surface area contributed by atoms with Gasteiger partial charge in [-0.25, -0.2) is 4.98 Å². The second-order valence-corrected chi connectivity index (χ2v) is 7.21. The number of nitrogens with one attached hydrogen (secondary N) is 1. The number of carbonyl (C=O) groups is 1. The summed E-state index contributed by atoms with van der Waals surface area (Å²) < 4.78 is 1.05. The third-order valence-electron chi connectivity index (χ3n) is 4.24. The molecule has 0 saturated heterocycles. The first-order valence-corrected chi connectivity index (χ1v) is 9.63. The zero-order chi connectivity index (χ0) is 19.3. The molecule has 0 bridgehead atoms. The van der Waals surface area contributed by atoms with Crippen LogP contribution in [0.2, 0.25) is 0 Å². The molecule has 0 aliphatic heterocycles. The van der Waals surface area contributed by atoms with Gasteiger partial charge >= 0.3 is 0 Å². The van der Waals surface area contributed by atoms with E-state index in [1.807, 2.05) is 84.9 Å². The Bertz CT molecular complexity index is 1090. The van der Waals surface area contributed by atoms with E-state index in [0.717, 1.165) is 15.8 Å². The first-order valence-electron chi connectivity index (χ1n) is 8.81. The van der Waals surface area contributed by atoms with Crippen molar-refractivity contribution in [2.45, 2.75) is 6.04 Å². The van der Waals surface area contributed by atoms with E-state index in [1.165, 1.54) is 11.3 Å². The summed E-state index contributed by atoms with van der Waals surface area (Å²) in [5, 5.41) is 3.90. The maximum absolute atomic E-state index is 13.0. The molecule has 5 nitrogen and oxygen atoms in total. The van der Waals surface area contributed by atoms with Crippen LogP contribution < -0.4 is 11.1 Å². The summed E-state index contributed by atoms with van der Waals surface area (Å²) in [6.45, 7) is 0. The van der Waals surface area contributed by atoms with Crippen molar-refractivity contribution >= 4 is 38.4 Å². The summed E-state index contributed by atoms with van der Waals surface area (Å²) in [4.78, 5) is 21.7. The highest BCUT2D eigenvalue weighted by molar-refractivity contribution is 7.22. The number of carbonyl (C=O) groups excluding carboxylic acids is 1. The summed E-state index contributed by atoms with van der Waals surface area (Å²) in [5.41, 5.74) is 8.46. The molecule has 1 heterocycles. The molecule has 3 N–H and O–H groups in total. The highest BCUT2D eigenvalue weighted by Crippen LogP contribution is 2.29. The highest BCUT2D eigenvalue weighted by Gasteiger charge is 2.22. The smallest absolute Gasteiger partial charge is 0.274 e. The Balaban J connectivity index is 1.66. The van der Waals surface area contributed by atoms with Crippen molar-refractivity contribution in [3.8, 4) is 0 Å². The highest BCUT2D eigenvalue weighted by atomic mass is 32.1. The van der Waals surface area contributed by atoms with Crippen LogP contribution in [0.1, 0.15) is 17.2 Å². The molecule has 0 spiro atoms. The molecule has 1 aromatic heterocycles. The van der Waals surface area contributed by atoms with E-state index < -0.39 is 6.04 Å². The van der Waals surface area contributed by atoms with Gasteiger partial charge in [0.2, 0.25) is 0 Å². The van der Waals surface area contributed by atoms with Crippen LogP contribution in [0.4, 0.5) is 5.13 Å². The van der Waals surface area contributed by atoms with Gasteiger partial charge in [0.25, 0.3) is 5.91 Å². The number of aromatic nitrogens is 1. The fourth-order valence-corrected chi connectivity index (χ4v) is 3.74. The van der Waals surface area contributed by atoms with Crippen molar-refractivity contribution in [1.29, 1.82) is 0 Å². The molecule has 0 radical (unpaired) electrons. The number of hydrogen-bond donors (Lipinski definition) is 2. The predicted octanol–water partition coefficient (Wildman–Crippen LogP) is 4.38. The molecule has 1 atom stereocenters. The maximum Gasteiger partial charge on any atom is 0.274 e. The molecule has 0 saturated carbocycles. The molecule has 1 amide bonds. The Kier molecular flexibility index (Phi) is 5.12. The van der Waals surface area contributed by atoms with Crippen LogP contribution in [0.25, 0.3) is 10.2 Å². The minimum atomic E-state index is -0.677. The zero-order valence-corrected chi connectivity index (χ0v) is 15.8. The fourth-order valence-electron chi connectivity index (χ4n) is 2.85. The predicted molar refractivity (Wildman–Crippen MR) is 115 cm³/mol. The van der Waals surface area contributed by atoms with Gasteiger partial charge in [-0.1, -0.05) is 84.1 Å². The normalized spacial score (nSPS) is 12.6. The van der Waals surface area contributed by atoms with E-state index in [4.69, 9.17) is 5.73 Å². The Morgan fingerprint density at radius 3 is 2.29 bits per heavy atom. The molecular weight excluding hydrogens is 368 g/mol. The molecule has 4 aromatic rings. The van der Waals surface area contributed by atoms with Crippen molar-refractivity contribution < 1.29 is 4.79 Å². The number of benzene rings is 3. The van der Waals surface area contributed by atoms with Crippen molar-refractivity contribution in [1.82, 2.24) is 4.98 Å². The lowest BCUT2D eigenvalue weighted by molar-refractivity contribution is -0.118. The van der Waals surface area contributed by atoms with Crippen LogP contribution in [0.5, 0.6) is 0 Å². The lowest BCUT2D eigenvalue weighted by atomic mass is 10.1. The summed E-state index contributed by atoms with van der Waals surface area (Å²) in [7, 11) is 0. The van der Waals surface area contributed by atoms with Crippen molar-refractivity contribution in [3.63, 3.8) is 0 Å². The third kappa shape index (κ3) is 3.92. The quantitative estimate of drug-likeness (QED) is 0.394. The molecule has 0 aliphatic carbocycles. The lowest BCUT2D eigenvalue weighted by Gasteiger charge is -2.15. The van der Waals surface area contributed by atoms with Crippen LogP contribution >= 0.6 is 11.3 Å². The molecule has 138 valence electrons. The van der Waals surface area contributed by atoms with Crippen molar-refractivity contribution in [2.24, 2.45) is 10.7 Å². The van der Waals surface area contributed by atoms with E-state index in [9.17, 15) is 4.79 Å². The van der Waals surface area contributed by atoms with Crippen molar-refractivity contribution in [2.75, 3.05) is 5.32 Å². The fraction of sp³-hybridized carbons (Fsp3) is 0.0455. The van der Waals surface area contributed by atoms with Gasteiger partial charge in [-0.05, 0) is 17.7 Å². The SMILES string of the molecule is NC(=NC(=O)C(Nc1nc2ccccc2s1)c1ccccc1)c1ccccc1. The van der Waals surface area contributed by atoms with Gasteiger partial charge in [-0.3, -0.25) is 4.79 Å². The topological polar surface area (TPSA) is 80.4 Å². The molecular formula is C22H18N4OS. The molecule has 1 unspecified atom stereocenters. The number of hydrogen-bond acceptors (Lipinski definition) is 4. The van der Waals surface area contributed by atoms with E-state index in [-0.39, 0.29) is 11.7 Å². The number of nitrogens with zero attached hydrogens (tertiary/aromatic N) is 2. The van der Waals surface area contributed by atoms with Gasteiger partial charge in [-0.15, -0.1) is 0 Å². The minimum Gasteiger partial charge on any atom is -0.383 e. The number of amides is 1. The van der Waals surface area contributed by atoms with Crippen LogP contribution in [-0.4, -0.2) is 16.7 Å². The molecule has 6 heteroatoms. The van der Waals surface area contributed by atoms with Gasteiger partial charge in [0.1, 0.15) is 11.9 Å². The Labute approximate surface area is 166 Å². The lowest BCUT2D eigenvalue weighted by Crippen LogP contribution is -2.23. The second-order valence-electron chi connectivity index (χ2n) is 6.18. The van der Waals surface area contributed by atoms with Crippen molar-refractivity contribution in [3.05, 3.63) is 96.1 Å². The van der Waals surface area contributed by atoms with Gasteiger partial charge in [0.05, 0.1) is 10.2 Å². The number of para-hydroxylation sites is 1. The zero-order valence-electron chi connectivity index (χ0n) is 14.9. The molecule has 0 fully saturated rings. The number of thiazole rings is 1. The standard InChI is InChI=1S/C22H18N4OS/c23-20(16-11-5-2-6-12-16)26-21(27)19(15-9-3-1-4-10-15)25-22-24-17-13-7-8-14-18(17)28-22/h1-14,19H,(H,24,25)(H2,23,26,27). The third-order valence-corrected chi connectivity index (χ3v) is 5.21. The van der Waals surface area contributed by atoms with Gasteiger partial charge in [0, 0.05) is 5.56 Å². The monoisotopic (exact) mass is 386 g/mol. The number of rotatable bonds is 5. The van der Waals surface area contributed by atoms with Crippen LogP contribution in [0.3, 0.4) is 0 Å². The summed E-state index contributed by atoms with van der Waals surface area (Å²) in [5.74, 6) is -0.176. The number of aliphatic imine (C=N–C) groups is 1. The summed E-state index contributed by atoms with van der Waals surface area (Å²) in [6, 6.07) is 25.9. The first-order chi connectivity index (χ1) is 13.7. The minimum absolute atomic E-state index is 0.192. The van der Waals surface area contributed by atoms with Crippen LogP contribution in [-0.2, 0) is 4.79 Å². The van der Waals surface area contributed by atoms with Crippen LogP contribution in [0, 0.1) is 0 Å². The largest absolute Gasteiger partial charge is 0.383 e. The average Bonchev–Trinajstić information content (AvgIpc) is 3.16. The second kappa shape index (κ2) is 8.02. The molecule has 4 rings (SSSR count).